The molecule has 0 aromatic heterocycles. The van der Waals surface area contributed by atoms with E-state index in [0.717, 1.165) is 37.3 Å². The van der Waals surface area contributed by atoms with Crippen molar-refractivity contribution in [2.75, 3.05) is 31.1 Å². The summed E-state index contributed by atoms with van der Waals surface area (Å²) in [5, 5.41) is 3.80. The normalized spacial score (nSPS) is 37.9. The third-order valence-corrected chi connectivity index (χ3v) is 8.90. The molecule has 4 fully saturated rings. The van der Waals surface area contributed by atoms with Gasteiger partial charge in [0.25, 0.3) is 0 Å². The minimum atomic E-state index is -2.81. The molecule has 2 heterocycles. The fraction of sp³-hybridized carbons (Fsp3) is 0.950. The highest BCUT2D eigenvalue weighted by Gasteiger charge is 2.37. The molecule has 1 N–H and O–H groups in total. The Balaban J connectivity index is 1.42. The second kappa shape index (κ2) is 7.69. The quantitative estimate of drug-likeness (QED) is 0.601. The smallest absolute Gasteiger partial charge is 0.194 e. The molecule has 0 radical (unpaired) electrons. The lowest BCUT2D eigenvalue weighted by Crippen LogP contribution is -2.48. The fourth-order valence-corrected chi connectivity index (χ4v) is 6.95. The molecule has 0 aromatic carbocycles. The van der Waals surface area contributed by atoms with Gasteiger partial charge in [-0.15, -0.1) is 0 Å². The van der Waals surface area contributed by atoms with Gasteiger partial charge in [-0.2, -0.15) is 0 Å². The third-order valence-electron chi connectivity index (χ3n) is 7.06. The summed E-state index contributed by atoms with van der Waals surface area (Å²) in [6.45, 7) is 5.26. The molecule has 0 bridgehead atoms. The predicted molar refractivity (Wildman–Crippen MR) is 106 cm³/mol. The van der Waals surface area contributed by atoms with Crippen molar-refractivity contribution in [3.05, 3.63) is 0 Å². The molecular formula is C20H35N3O2S. The van der Waals surface area contributed by atoms with E-state index in [-0.39, 0.29) is 5.92 Å². The van der Waals surface area contributed by atoms with Crippen LogP contribution in [0.15, 0.2) is 4.99 Å². The van der Waals surface area contributed by atoms with Crippen LogP contribution in [0.4, 0.5) is 0 Å². The van der Waals surface area contributed by atoms with Gasteiger partial charge in [0.1, 0.15) is 0 Å². The summed E-state index contributed by atoms with van der Waals surface area (Å²) in [6, 6.07) is 0.523. The zero-order valence-corrected chi connectivity index (χ0v) is 17.0. The molecule has 4 aliphatic rings. The average Bonchev–Trinajstić information content (AvgIpc) is 3.24. The van der Waals surface area contributed by atoms with Gasteiger partial charge in [0.05, 0.1) is 11.5 Å². The molecule has 2 saturated carbocycles. The van der Waals surface area contributed by atoms with E-state index in [4.69, 9.17) is 4.99 Å². The number of rotatable bonds is 4. The topological polar surface area (TPSA) is 61.8 Å². The molecular weight excluding hydrogens is 346 g/mol. The van der Waals surface area contributed by atoms with Gasteiger partial charge in [0.2, 0.25) is 0 Å². The van der Waals surface area contributed by atoms with Crippen molar-refractivity contribution in [3.63, 3.8) is 0 Å². The van der Waals surface area contributed by atoms with Crippen LogP contribution < -0.4 is 5.32 Å². The molecule has 4 atom stereocenters. The lowest BCUT2D eigenvalue weighted by molar-refractivity contribution is 0.297. The van der Waals surface area contributed by atoms with Gasteiger partial charge >= 0.3 is 0 Å². The van der Waals surface area contributed by atoms with Gasteiger partial charge in [-0.05, 0) is 62.2 Å². The van der Waals surface area contributed by atoms with Gasteiger partial charge < -0.3 is 10.2 Å². The predicted octanol–water partition coefficient (Wildman–Crippen LogP) is 2.68. The van der Waals surface area contributed by atoms with Crippen molar-refractivity contribution >= 4 is 15.8 Å². The van der Waals surface area contributed by atoms with E-state index >= 15 is 0 Å². The van der Waals surface area contributed by atoms with E-state index in [1.807, 2.05) is 0 Å². The van der Waals surface area contributed by atoms with Gasteiger partial charge in [0, 0.05) is 25.7 Å². The van der Waals surface area contributed by atoms with E-state index in [1.165, 1.54) is 44.9 Å². The molecule has 2 aliphatic heterocycles. The second-order valence-electron chi connectivity index (χ2n) is 9.28. The minimum absolute atomic E-state index is 0.211. The van der Waals surface area contributed by atoms with Crippen LogP contribution in [0.2, 0.25) is 0 Å². The Morgan fingerprint density at radius 3 is 2.58 bits per heavy atom. The van der Waals surface area contributed by atoms with Crippen molar-refractivity contribution < 1.29 is 8.42 Å². The van der Waals surface area contributed by atoms with Crippen LogP contribution in [0, 0.1) is 23.7 Å². The Morgan fingerprint density at radius 1 is 1.08 bits per heavy atom. The number of guanidine groups is 1. The van der Waals surface area contributed by atoms with Crippen LogP contribution in [0.5, 0.6) is 0 Å². The Kier molecular flexibility index (Phi) is 5.49. The van der Waals surface area contributed by atoms with E-state index < -0.39 is 9.84 Å². The SMILES string of the molecule is CC1CCCCC1NC(=NCC1CCS(=O)(=O)C1)N1CCC(C2CC2)C1. The summed E-state index contributed by atoms with van der Waals surface area (Å²) in [5.41, 5.74) is 0. The molecule has 6 heteroatoms. The number of aliphatic imine (C=N–C) groups is 1. The van der Waals surface area contributed by atoms with E-state index in [1.54, 1.807) is 0 Å². The number of nitrogens with zero attached hydrogens (tertiary/aromatic N) is 2. The van der Waals surface area contributed by atoms with E-state index in [2.05, 4.69) is 17.1 Å². The van der Waals surface area contributed by atoms with E-state index in [0.29, 0.717) is 30.0 Å². The van der Waals surface area contributed by atoms with Crippen LogP contribution in [0.3, 0.4) is 0 Å². The lowest BCUT2D eigenvalue weighted by Gasteiger charge is -2.33. The highest BCUT2D eigenvalue weighted by molar-refractivity contribution is 7.91. The van der Waals surface area contributed by atoms with Gasteiger partial charge in [-0.3, -0.25) is 4.99 Å². The van der Waals surface area contributed by atoms with Crippen LogP contribution in [0.1, 0.15) is 58.3 Å². The summed E-state index contributed by atoms with van der Waals surface area (Å²) in [5.74, 6) is 4.45. The van der Waals surface area contributed by atoms with Crippen LogP contribution >= 0.6 is 0 Å². The third kappa shape index (κ3) is 4.55. The van der Waals surface area contributed by atoms with E-state index in [9.17, 15) is 8.42 Å². The minimum Gasteiger partial charge on any atom is -0.353 e. The number of likely N-dealkylation sites (tertiary alicyclic amines) is 1. The first-order chi connectivity index (χ1) is 12.5. The molecule has 4 unspecified atom stereocenters. The maximum atomic E-state index is 11.8. The van der Waals surface area contributed by atoms with Crippen molar-refractivity contribution in [3.8, 4) is 0 Å². The first kappa shape index (κ1) is 18.6. The Labute approximate surface area is 158 Å². The molecule has 0 amide bonds. The van der Waals surface area contributed by atoms with Gasteiger partial charge in [-0.25, -0.2) is 8.42 Å². The summed E-state index contributed by atoms with van der Waals surface area (Å²) in [6.07, 6.45) is 10.1. The Bertz CT molecular complexity index is 629. The lowest BCUT2D eigenvalue weighted by atomic mass is 9.86. The molecule has 2 aliphatic carbocycles. The number of hydrogen-bond acceptors (Lipinski definition) is 3. The molecule has 26 heavy (non-hydrogen) atoms. The molecule has 0 aromatic rings. The van der Waals surface area contributed by atoms with Crippen molar-refractivity contribution in [1.29, 1.82) is 0 Å². The summed E-state index contributed by atoms with van der Waals surface area (Å²) < 4.78 is 23.5. The van der Waals surface area contributed by atoms with Crippen molar-refractivity contribution in [2.45, 2.75) is 64.3 Å². The van der Waals surface area contributed by atoms with Crippen LogP contribution in [-0.2, 0) is 9.84 Å². The van der Waals surface area contributed by atoms with Crippen molar-refractivity contribution in [2.24, 2.45) is 28.7 Å². The zero-order chi connectivity index (χ0) is 18.1. The molecule has 148 valence electrons. The Hall–Kier alpha value is -0.780. The highest BCUT2D eigenvalue weighted by Crippen LogP contribution is 2.41. The number of sulfone groups is 1. The largest absolute Gasteiger partial charge is 0.353 e. The number of nitrogens with one attached hydrogen (secondary N) is 1. The Morgan fingerprint density at radius 2 is 1.88 bits per heavy atom. The first-order valence-electron chi connectivity index (χ1n) is 10.8. The highest BCUT2D eigenvalue weighted by atomic mass is 32.2. The first-order valence-corrected chi connectivity index (χ1v) is 12.6. The second-order valence-corrected chi connectivity index (χ2v) is 11.5. The standard InChI is InChI=1S/C20H35N3O2S/c1-15-4-2-3-5-19(15)22-20(21-12-16-9-11-26(24,25)14-16)23-10-8-18(13-23)17-6-7-17/h15-19H,2-14H2,1H3,(H,21,22). The monoisotopic (exact) mass is 381 g/mol. The fourth-order valence-electron chi connectivity index (χ4n) is 5.10. The maximum absolute atomic E-state index is 11.8. The average molecular weight is 382 g/mol. The maximum Gasteiger partial charge on any atom is 0.194 e. The summed E-state index contributed by atoms with van der Waals surface area (Å²) in [7, 11) is -2.81. The number of hydrogen-bond donors (Lipinski definition) is 1. The molecule has 0 spiro atoms. The molecule has 5 nitrogen and oxygen atoms in total. The zero-order valence-electron chi connectivity index (χ0n) is 16.2. The van der Waals surface area contributed by atoms with Crippen molar-refractivity contribution in [1.82, 2.24) is 10.2 Å². The summed E-state index contributed by atoms with van der Waals surface area (Å²) >= 11 is 0. The van der Waals surface area contributed by atoms with Gasteiger partial charge in [-0.1, -0.05) is 19.8 Å². The molecule has 2 saturated heterocycles. The molecule has 4 rings (SSSR count). The van der Waals surface area contributed by atoms with Crippen LogP contribution in [-0.4, -0.2) is 56.5 Å². The summed E-state index contributed by atoms with van der Waals surface area (Å²) in [4.78, 5) is 7.43. The van der Waals surface area contributed by atoms with Crippen LogP contribution in [0.25, 0.3) is 0 Å². The van der Waals surface area contributed by atoms with Gasteiger partial charge in [0.15, 0.2) is 15.8 Å².